The van der Waals surface area contributed by atoms with E-state index in [1.165, 1.54) is 11.4 Å². The van der Waals surface area contributed by atoms with Crippen molar-refractivity contribution in [3.05, 3.63) is 18.1 Å². The molecule has 0 amide bonds. The van der Waals surface area contributed by atoms with Crippen molar-refractivity contribution in [2.75, 3.05) is 51.4 Å². The molecule has 0 bridgehead atoms. The molecule has 2 aliphatic rings. The van der Waals surface area contributed by atoms with Gasteiger partial charge in [-0.25, -0.2) is 9.97 Å². The van der Waals surface area contributed by atoms with Gasteiger partial charge in [-0.1, -0.05) is 0 Å². The first-order valence-electron chi connectivity index (χ1n) is 8.43. The average molecular weight is 372 g/mol. The van der Waals surface area contributed by atoms with Crippen LogP contribution >= 0.6 is 0 Å². The predicted octanol–water partition coefficient (Wildman–Crippen LogP) is 0.185. The number of piperazine rings is 1. The molecular formula is C15H24N4O5S. The summed E-state index contributed by atoms with van der Waals surface area (Å²) in [5, 5.41) is 0. The van der Waals surface area contributed by atoms with E-state index in [4.69, 9.17) is 9.47 Å². The highest BCUT2D eigenvalue weighted by molar-refractivity contribution is 7.84. The third-order valence-electron chi connectivity index (χ3n) is 4.33. The van der Waals surface area contributed by atoms with E-state index < -0.39 is 10.3 Å². The Labute approximate surface area is 148 Å². The van der Waals surface area contributed by atoms with Crippen LogP contribution in [-0.4, -0.2) is 75.5 Å². The minimum absolute atomic E-state index is 0.157. The van der Waals surface area contributed by atoms with Crippen molar-refractivity contribution in [1.29, 1.82) is 0 Å². The fourth-order valence-electron chi connectivity index (χ4n) is 2.91. The second kappa shape index (κ2) is 8.37. The molecule has 0 spiro atoms. The first-order valence-corrected chi connectivity index (χ1v) is 9.80. The maximum Gasteiger partial charge on any atom is 0.338 e. The standard InChI is InChI=1S/C15H24N4O5S/c1-22-25(20,21)19-7-5-18(6-8-19)14-11-13(16-12-17-14)3-4-15-23-9-2-10-24-15/h11-12,15H,2-10H2,1H3. The van der Waals surface area contributed by atoms with E-state index in [2.05, 4.69) is 19.1 Å². The second-order valence-electron chi connectivity index (χ2n) is 5.94. The molecule has 2 saturated heterocycles. The molecule has 140 valence electrons. The quantitative estimate of drug-likeness (QED) is 0.698. The van der Waals surface area contributed by atoms with Crippen LogP contribution < -0.4 is 4.90 Å². The van der Waals surface area contributed by atoms with Crippen molar-refractivity contribution in [3.8, 4) is 0 Å². The van der Waals surface area contributed by atoms with Crippen LogP contribution in [-0.2, 0) is 30.4 Å². The molecule has 2 fully saturated rings. The minimum Gasteiger partial charge on any atom is -0.354 e. The number of ether oxygens (including phenoxy) is 2. The van der Waals surface area contributed by atoms with Gasteiger partial charge in [-0.05, 0) is 12.8 Å². The molecule has 25 heavy (non-hydrogen) atoms. The maximum atomic E-state index is 11.7. The fraction of sp³-hybridized carbons (Fsp3) is 0.733. The van der Waals surface area contributed by atoms with Crippen molar-refractivity contribution in [1.82, 2.24) is 14.3 Å². The zero-order valence-corrected chi connectivity index (χ0v) is 15.2. The molecular weight excluding hydrogens is 348 g/mol. The van der Waals surface area contributed by atoms with Crippen molar-refractivity contribution in [3.63, 3.8) is 0 Å². The third kappa shape index (κ3) is 4.85. The number of aromatic nitrogens is 2. The molecule has 0 atom stereocenters. The van der Waals surface area contributed by atoms with Crippen LogP contribution in [0.25, 0.3) is 0 Å². The van der Waals surface area contributed by atoms with E-state index in [-0.39, 0.29) is 6.29 Å². The Kier molecular flexibility index (Phi) is 6.18. The Morgan fingerprint density at radius 2 is 1.92 bits per heavy atom. The van der Waals surface area contributed by atoms with Crippen LogP contribution in [0.3, 0.4) is 0 Å². The van der Waals surface area contributed by atoms with Crippen LogP contribution in [0, 0.1) is 0 Å². The lowest BCUT2D eigenvalue weighted by molar-refractivity contribution is -0.180. The van der Waals surface area contributed by atoms with E-state index in [1.807, 2.05) is 6.07 Å². The number of nitrogens with zero attached hydrogens (tertiary/aromatic N) is 4. The molecule has 3 heterocycles. The molecule has 0 aliphatic carbocycles. The lowest BCUT2D eigenvalue weighted by atomic mass is 10.2. The van der Waals surface area contributed by atoms with Gasteiger partial charge in [-0.3, -0.25) is 4.18 Å². The topological polar surface area (TPSA) is 94.1 Å². The van der Waals surface area contributed by atoms with Gasteiger partial charge in [0.1, 0.15) is 12.1 Å². The van der Waals surface area contributed by atoms with Gasteiger partial charge in [0.05, 0.1) is 20.3 Å². The van der Waals surface area contributed by atoms with E-state index in [0.717, 1.165) is 44.0 Å². The van der Waals surface area contributed by atoms with Gasteiger partial charge in [0.25, 0.3) is 0 Å². The van der Waals surface area contributed by atoms with Crippen LogP contribution in [0.1, 0.15) is 18.5 Å². The van der Waals surface area contributed by atoms with Crippen LogP contribution in [0.5, 0.6) is 0 Å². The molecule has 0 saturated carbocycles. The molecule has 9 nitrogen and oxygen atoms in total. The van der Waals surface area contributed by atoms with Gasteiger partial charge in [-0.2, -0.15) is 12.7 Å². The molecule has 0 unspecified atom stereocenters. The van der Waals surface area contributed by atoms with Crippen molar-refractivity contribution < 1.29 is 22.1 Å². The van der Waals surface area contributed by atoms with Gasteiger partial charge in [0, 0.05) is 44.4 Å². The smallest absolute Gasteiger partial charge is 0.338 e. The highest BCUT2D eigenvalue weighted by Gasteiger charge is 2.27. The molecule has 0 radical (unpaired) electrons. The van der Waals surface area contributed by atoms with Gasteiger partial charge < -0.3 is 14.4 Å². The summed E-state index contributed by atoms with van der Waals surface area (Å²) in [4.78, 5) is 10.7. The zero-order chi connectivity index (χ0) is 17.7. The minimum atomic E-state index is -3.61. The summed E-state index contributed by atoms with van der Waals surface area (Å²) in [5.74, 6) is 0.810. The first kappa shape index (κ1) is 18.5. The van der Waals surface area contributed by atoms with E-state index in [9.17, 15) is 8.42 Å². The number of anilines is 1. The number of hydrogen-bond donors (Lipinski definition) is 0. The largest absolute Gasteiger partial charge is 0.354 e. The van der Waals surface area contributed by atoms with Gasteiger partial charge in [-0.15, -0.1) is 0 Å². The molecule has 2 aliphatic heterocycles. The maximum absolute atomic E-state index is 11.7. The normalized spacial score (nSPS) is 20.8. The average Bonchev–Trinajstić information content (AvgIpc) is 2.67. The first-order chi connectivity index (χ1) is 12.1. The number of hydrogen-bond acceptors (Lipinski definition) is 8. The van der Waals surface area contributed by atoms with E-state index in [0.29, 0.717) is 26.2 Å². The SMILES string of the molecule is COS(=O)(=O)N1CCN(c2cc(CCC3OCCCO3)ncn2)CC1. The summed E-state index contributed by atoms with van der Waals surface area (Å²) in [6, 6.07) is 1.95. The summed E-state index contributed by atoms with van der Waals surface area (Å²) in [6.07, 6.45) is 3.84. The van der Waals surface area contributed by atoms with Gasteiger partial charge in [0.15, 0.2) is 6.29 Å². The third-order valence-corrected chi connectivity index (χ3v) is 5.75. The summed E-state index contributed by atoms with van der Waals surface area (Å²) >= 11 is 0. The summed E-state index contributed by atoms with van der Waals surface area (Å²) < 4.78 is 40.4. The molecule has 1 aromatic rings. The predicted molar refractivity (Wildman–Crippen MR) is 90.4 cm³/mol. The van der Waals surface area contributed by atoms with Crippen LogP contribution in [0.4, 0.5) is 5.82 Å². The molecule has 1 aromatic heterocycles. The summed E-state index contributed by atoms with van der Waals surface area (Å²) in [7, 11) is -2.43. The number of rotatable bonds is 6. The van der Waals surface area contributed by atoms with Crippen molar-refractivity contribution in [2.45, 2.75) is 25.6 Å². The lowest BCUT2D eigenvalue weighted by Crippen LogP contribution is -2.49. The number of aryl methyl sites for hydroxylation is 1. The Hall–Kier alpha value is -1.33. The lowest BCUT2D eigenvalue weighted by Gasteiger charge is -2.33. The summed E-state index contributed by atoms with van der Waals surface area (Å²) in [6.45, 7) is 3.36. The Morgan fingerprint density at radius 1 is 1.20 bits per heavy atom. The Balaban J connectivity index is 1.55. The highest BCUT2D eigenvalue weighted by Crippen LogP contribution is 2.18. The molecule has 10 heteroatoms. The molecule has 3 rings (SSSR count). The molecule has 0 aromatic carbocycles. The van der Waals surface area contributed by atoms with Gasteiger partial charge in [0.2, 0.25) is 0 Å². The van der Waals surface area contributed by atoms with E-state index in [1.54, 1.807) is 6.33 Å². The zero-order valence-electron chi connectivity index (χ0n) is 14.3. The van der Waals surface area contributed by atoms with E-state index >= 15 is 0 Å². The molecule has 0 N–H and O–H groups in total. The highest BCUT2D eigenvalue weighted by atomic mass is 32.2. The van der Waals surface area contributed by atoms with Crippen LogP contribution in [0.2, 0.25) is 0 Å². The fourth-order valence-corrected chi connectivity index (χ4v) is 3.73. The van der Waals surface area contributed by atoms with Crippen LogP contribution in [0.15, 0.2) is 12.4 Å². The Bertz CT molecular complexity index is 658. The Morgan fingerprint density at radius 3 is 2.60 bits per heavy atom. The van der Waals surface area contributed by atoms with Gasteiger partial charge >= 0.3 is 10.3 Å². The second-order valence-corrected chi connectivity index (χ2v) is 7.65. The monoisotopic (exact) mass is 372 g/mol. The van der Waals surface area contributed by atoms with Crippen molar-refractivity contribution in [2.24, 2.45) is 0 Å². The summed E-state index contributed by atoms with van der Waals surface area (Å²) in [5.41, 5.74) is 0.926. The van der Waals surface area contributed by atoms with Crippen molar-refractivity contribution >= 4 is 16.1 Å².